The number of halogens is 3. The van der Waals surface area contributed by atoms with Crippen molar-refractivity contribution in [2.24, 2.45) is 0 Å². The Balaban J connectivity index is 2.11. The summed E-state index contributed by atoms with van der Waals surface area (Å²) in [6.45, 7) is 1.98. The van der Waals surface area contributed by atoms with E-state index in [-0.39, 0.29) is 0 Å². The maximum Gasteiger partial charge on any atom is 0.0622 e. The molecule has 0 aliphatic heterocycles. The number of benzene rings is 2. The van der Waals surface area contributed by atoms with Crippen molar-refractivity contribution in [3.8, 4) is 0 Å². The summed E-state index contributed by atoms with van der Waals surface area (Å²) in [6.07, 6.45) is 0.302. The van der Waals surface area contributed by atoms with E-state index in [1.807, 2.05) is 25.1 Å². The van der Waals surface area contributed by atoms with Crippen molar-refractivity contribution >= 4 is 34.8 Å². The second-order valence-corrected chi connectivity index (χ2v) is 6.08. The summed E-state index contributed by atoms with van der Waals surface area (Å²) in [7, 11) is 0. The second-order valence-electron chi connectivity index (χ2n) is 4.86. The normalized spacial score (nSPS) is 12.4. The molecule has 0 amide bonds. The van der Waals surface area contributed by atoms with Crippen LogP contribution in [-0.4, -0.2) is 11.2 Å². The molecule has 0 saturated heterocycles. The van der Waals surface area contributed by atoms with Crippen LogP contribution in [0.25, 0.3) is 0 Å². The van der Waals surface area contributed by atoms with Gasteiger partial charge >= 0.3 is 0 Å². The maximum absolute atomic E-state index is 10.2. The molecule has 4 heteroatoms. The first-order valence-corrected chi connectivity index (χ1v) is 7.46. The Morgan fingerprint density at radius 2 is 1.60 bits per heavy atom. The van der Waals surface area contributed by atoms with Crippen LogP contribution in [-0.2, 0) is 12.8 Å². The highest BCUT2D eigenvalue weighted by atomic mass is 35.5. The highest BCUT2D eigenvalue weighted by Gasteiger charge is 2.13. The van der Waals surface area contributed by atoms with Crippen molar-refractivity contribution in [3.63, 3.8) is 0 Å². The predicted molar refractivity (Wildman–Crippen MR) is 86.1 cm³/mol. The van der Waals surface area contributed by atoms with Crippen LogP contribution in [0.1, 0.15) is 16.7 Å². The standard InChI is InChI=1S/C16H15Cl3O/c1-10-5-6-11(16(19)7-10)8-12(20)9-13-14(17)3-2-4-15(13)18/h2-7,12,20H,8-9H2,1H3. The minimum absolute atomic E-state index is 0.405. The van der Waals surface area contributed by atoms with E-state index in [0.717, 1.165) is 16.7 Å². The van der Waals surface area contributed by atoms with Gasteiger partial charge in [0.25, 0.3) is 0 Å². The fraction of sp³-hybridized carbons (Fsp3) is 0.250. The molecular formula is C16H15Cl3O. The zero-order chi connectivity index (χ0) is 14.7. The molecule has 0 bridgehead atoms. The number of aryl methyl sites for hydroxylation is 1. The van der Waals surface area contributed by atoms with E-state index in [2.05, 4.69) is 0 Å². The second kappa shape index (κ2) is 6.82. The molecule has 2 aromatic rings. The Morgan fingerprint density at radius 3 is 2.20 bits per heavy atom. The molecule has 0 fully saturated rings. The van der Waals surface area contributed by atoms with Gasteiger partial charge < -0.3 is 5.11 Å². The molecule has 0 saturated carbocycles. The van der Waals surface area contributed by atoms with Gasteiger partial charge in [0, 0.05) is 27.9 Å². The Morgan fingerprint density at radius 1 is 0.950 bits per heavy atom. The minimum Gasteiger partial charge on any atom is -0.392 e. The van der Waals surface area contributed by atoms with E-state index < -0.39 is 6.10 Å². The van der Waals surface area contributed by atoms with E-state index >= 15 is 0 Å². The molecule has 0 spiro atoms. The molecule has 1 N–H and O–H groups in total. The molecule has 2 rings (SSSR count). The van der Waals surface area contributed by atoms with Crippen molar-refractivity contribution in [2.45, 2.75) is 25.9 Å². The number of hydrogen-bond acceptors (Lipinski definition) is 1. The van der Waals surface area contributed by atoms with Crippen LogP contribution in [0.2, 0.25) is 15.1 Å². The predicted octanol–water partition coefficient (Wildman–Crippen LogP) is 5.10. The molecule has 0 heterocycles. The van der Waals surface area contributed by atoms with Crippen LogP contribution in [0.4, 0.5) is 0 Å². The van der Waals surface area contributed by atoms with Gasteiger partial charge in [-0.1, -0.05) is 53.0 Å². The molecule has 0 aliphatic rings. The lowest BCUT2D eigenvalue weighted by Crippen LogP contribution is -2.15. The third-order valence-corrected chi connectivity index (χ3v) is 4.23. The van der Waals surface area contributed by atoms with Gasteiger partial charge in [-0.05, 0) is 41.8 Å². The molecule has 1 atom stereocenters. The van der Waals surface area contributed by atoms with E-state index in [1.165, 1.54) is 0 Å². The van der Waals surface area contributed by atoms with Crippen molar-refractivity contribution in [1.82, 2.24) is 0 Å². The van der Waals surface area contributed by atoms with Crippen LogP contribution in [0.5, 0.6) is 0 Å². The number of hydrogen-bond donors (Lipinski definition) is 1. The van der Waals surface area contributed by atoms with Gasteiger partial charge in [0.1, 0.15) is 0 Å². The summed E-state index contributed by atoms with van der Waals surface area (Å²) in [5, 5.41) is 12.0. The van der Waals surface area contributed by atoms with Gasteiger partial charge in [-0.15, -0.1) is 0 Å². The summed E-state index contributed by atoms with van der Waals surface area (Å²) < 4.78 is 0. The van der Waals surface area contributed by atoms with Crippen LogP contribution in [0.15, 0.2) is 36.4 Å². The SMILES string of the molecule is Cc1ccc(CC(O)Cc2c(Cl)cccc2Cl)c(Cl)c1. The van der Waals surface area contributed by atoms with Crippen LogP contribution in [0.3, 0.4) is 0 Å². The third kappa shape index (κ3) is 3.89. The Labute approximate surface area is 134 Å². The molecule has 20 heavy (non-hydrogen) atoms. The first kappa shape index (κ1) is 15.7. The smallest absolute Gasteiger partial charge is 0.0622 e. The summed E-state index contributed by atoms with van der Waals surface area (Å²) in [6, 6.07) is 11.2. The largest absolute Gasteiger partial charge is 0.392 e. The molecule has 2 aromatic carbocycles. The summed E-state index contributed by atoms with van der Waals surface area (Å²) in [5.41, 5.74) is 2.79. The Hall–Kier alpha value is -0.730. The average Bonchev–Trinajstić information content (AvgIpc) is 2.37. The average molecular weight is 330 g/mol. The molecule has 1 unspecified atom stereocenters. The number of aliphatic hydroxyl groups excluding tert-OH is 1. The summed E-state index contributed by atoms with van der Waals surface area (Å²) >= 11 is 18.4. The van der Waals surface area contributed by atoms with E-state index in [0.29, 0.717) is 27.9 Å². The van der Waals surface area contributed by atoms with Crippen molar-refractivity contribution in [2.75, 3.05) is 0 Å². The van der Waals surface area contributed by atoms with E-state index in [9.17, 15) is 5.11 Å². The maximum atomic E-state index is 10.2. The molecule has 0 radical (unpaired) electrons. The fourth-order valence-corrected chi connectivity index (χ4v) is 2.97. The van der Waals surface area contributed by atoms with Crippen LogP contribution >= 0.6 is 34.8 Å². The highest BCUT2D eigenvalue weighted by molar-refractivity contribution is 6.36. The summed E-state index contributed by atoms with van der Waals surface area (Å²) in [4.78, 5) is 0. The molecule has 0 aromatic heterocycles. The number of aliphatic hydroxyl groups is 1. The van der Waals surface area contributed by atoms with Gasteiger partial charge in [-0.2, -0.15) is 0 Å². The highest BCUT2D eigenvalue weighted by Crippen LogP contribution is 2.27. The van der Waals surface area contributed by atoms with Crippen LogP contribution < -0.4 is 0 Å². The monoisotopic (exact) mass is 328 g/mol. The zero-order valence-corrected chi connectivity index (χ0v) is 13.3. The molecule has 1 nitrogen and oxygen atoms in total. The van der Waals surface area contributed by atoms with Gasteiger partial charge in [0.15, 0.2) is 0 Å². The van der Waals surface area contributed by atoms with E-state index in [1.54, 1.807) is 18.2 Å². The van der Waals surface area contributed by atoms with E-state index in [4.69, 9.17) is 34.8 Å². The Bertz CT molecular complexity index is 590. The zero-order valence-electron chi connectivity index (χ0n) is 11.0. The first-order valence-electron chi connectivity index (χ1n) is 6.33. The Kier molecular flexibility index (Phi) is 5.34. The lowest BCUT2D eigenvalue weighted by atomic mass is 10.0. The lowest BCUT2D eigenvalue weighted by molar-refractivity contribution is 0.175. The quantitative estimate of drug-likeness (QED) is 0.827. The van der Waals surface area contributed by atoms with Crippen molar-refractivity contribution in [1.29, 1.82) is 0 Å². The van der Waals surface area contributed by atoms with Gasteiger partial charge in [-0.3, -0.25) is 0 Å². The molecule has 0 aliphatic carbocycles. The van der Waals surface area contributed by atoms with Gasteiger partial charge in [-0.25, -0.2) is 0 Å². The van der Waals surface area contributed by atoms with Gasteiger partial charge in [0.2, 0.25) is 0 Å². The van der Waals surface area contributed by atoms with Crippen molar-refractivity contribution < 1.29 is 5.11 Å². The van der Waals surface area contributed by atoms with Gasteiger partial charge in [0.05, 0.1) is 6.10 Å². The molecular weight excluding hydrogens is 315 g/mol. The van der Waals surface area contributed by atoms with Crippen LogP contribution in [0, 0.1) is 6.92 Å². The fourth-order valence-electron chi connectivity index (χ4n) is 2.11. The third-order valence-electron chi connectivity index (χ3n) is 3.17. The lowest BCUT2D eigenvalue weighted by Gasteiger charge is -2.14. The minimum atomic E-state index is -0.576. The first-order chi connectivity index (χ1) is 9.47. The summed E-state index contributed by atoms with van der Waals surface area (Å²) in [5.74, 6) is 0. The number of rotatable bonds is 4. The topological polar surface area (TPSA) is 20.2 Å². The molecule has 106 valence electrons. The van der Waals surface area contributed by atoms with Crippen molar-refractivity contribution in [3.05, 3.63) is 68.2 Å².